The van der Waals surface area contributed by atoms with Crippen LogP contribution in [0.4, 0.5) is 110 Å². The van der Waals surface area contributed by atoms with Gasteiger partial charge in [0.25, 0.3) is 0 Å². The summed E-state index contributed by atoms with van der Waals surface area (Å²) >= 11 is 0. The van der Waals surface area contributed by atoms with Gasteiger partial charge >= 0.3 is 132 Å². The van der Waals surface area contributed by atoms with Crippen LogP contribution >= 0.6 is 0 Å². The summed E-state index contributed by atoms with van der Waals surface area (Å²) in [6.45, 7) is 0. The van der Waals surface area contributed by atoms with Crippen molar-refractivity contribution in [2.75, 3.05) is 0 Å². The average molecular weight is 740 g/mol. The number of alkyl halides is 25. The Morgan fingerprint density at radius 3 is 0.595 bits per heavy atom. The van der Waals surface area contributed by atoms with E-state index in [4.69, 9.17) is 4.55 Å². The van der Waals surface area contributed by atoms with Crippen molar-refractivity contribution < 1.29 is 123 Å². The Bertz CT molecular complexity index is 1100. The van der Waals surface area contributed by atoms with Crippen LogP contribution in [0.2, 0.25) is 0 Å². The monoisotopic (exact) mass is 740 g/mol. The first-order chi connectivity index (χ1) is 17.0. The molecule has 250 valence electrons. The number of rotatable bonds is 11. The predicted octanol–water partition coefficient (Wildman–Crippen LogP) is 6.73. The number of hydrogen-bond donors (Lipinski definition) is 1. The molecule has 0 unspecified atom stereocenters. The maximum absolute atomic E-state index is 13.5. The molecule has 0 spiro atoms. The third-order valence-corrected chi connectivity index (χ3v) is 5.50. The van der Waals surface area contributed by atoms with Gasteiger partial charge in [-0.1, -0.05) is 0 Å². The Kier molecular flexibility index (Phi) is 11.2. The molecular weight excluding hydrogens is 738 g/mol. The molecule has 0 aromatic carbocycles. The van der Waals surface area contributed by atoms with Crippen LogP contribution in [0.3, 0.4) is 0 Å². The van der Waals surface area contributed by atoms with Crippen LogP contribution < -0.4 is 0 Å². The van der Waals surface area contributed by atoms with Crippen LogP contribution in [0.1, 0.15) is 0 Å². The summed E-state index contributed by atoms with van der Waals surface area (Å²) in [7, 11) is -8.24. The standard InChI is InChI=1S/C12HF25O3S.K.H/c13-1(14,3(17,18)5(21,22)7(25,26)9(29,30)11(33,34)35)2(15,16)4(19,20)6(23,24)8(27,28)10(31,32)12(36,37)41(38,39)40;;/h(H,38,39,40);;. The summed E-state index contributed by atoms with van der Waals surface area (Å²) in [6.07, 6.45) is -8.23. The van der Waals surface area contributed by atoms with Crippen LogP contribution in [0.25, 0.3) is 0 Å². The van der Waals surface area contributed by atoms with E-state index in [2.05, 4.69) is 0 Å². The fourth-order valence-electron chi connectivity index (χ4n) is 2.10. The number of halogens is 25. The summed E-state index contributed by atoms with van der Waals surface area (Å²) in [4.78, 5) is 0. The van der Waals surface area contributed by atoms with Gasteiger partial charge in [0, 0.05) is 0 Å². The summed E-state index contributed by atoms with van der Waals surface area (Å²) in [5.41, 5.74) is 0. The molecule has 0 radical (unpaired) electrons. The SMILES string of the molecule is O=S(=O)(O)C(F)(F)C(F)(F)C(F)(F)C(F)(F)C(F)(F)C(F)(F)C(F)(F)C(F)(F)C(F)(F)C(F)(F)C(F)(F)C(F)(F)F.[KH]. The molecule has 30 heteroatoms. The van der Waals surface area contributed by atoms with Gasteiger partial charge in [-0.05, 0) is 0 Å². The van der Waals surface area contributed by atoms with Gasteiger partial charge in [-0.25, -0.2) is 0 Å². The van der Waals surface area contributed by atoms with Gasteiger partial charge in [-0.15, -0.1) is 0 Å². The molecule has 0 saturated heterocycles. The molecule has 0 aliphatic heterocycles. The second-order valence-electron chi connectivity index (χ2n) is 7.23. The van der Waals surface area contributed by atoms with Gasteiger partial charge in [-0.3, -0.25) is 4.55 Å². The second-order valence-corrected chi connectivity index (χ2v) is 8.70. The molecule has 0 rings (SSSR count). The Morgan fingerprint density at radius 1 is 0.310 bits per heavy atom. The Morgan fingerprint density at radius 2 is 0.452 bits per heavy atom. The minimum absolute atomic E-state index is 0. The molecule has 0 aliphatic rings. The first-order valence-electron chi connectivity index (χ1n) is 8.19. The van der Waals surface area contributed by atoms with E-state index < -0.39 is 80.8 Å². The summed E-state index contributed by atoms with van der Waals surface area (Å²) in [6, 6.07) is 0. The van der Waals surface area contributed by atoms with Crippen LogP contribution in [-0.2, 0) is 10.1 Å². The van der Waals surface area contributed by atoms with Gasteiger partial charge in [0.2, 0.25) is 0 Å². The fourth-order valence-corrected chi connectivity index (χ4v) is 2.55. The van der Waals surface area contributed by atoms with Crippen molar-refractivity contribution in [3.63, 3.8) is 0 Å². The molecule has 0 fully saturated rings. The van der Waals surface area contributed by atoms with Gasteiger partial charge in [0.05, 0.1) is 0 Å². The normalized spacial score (nSPS) is 16.8. The van der Waals surface area contributed by atoms with E-state index in [1.165, 1.54) is 0 Å². The summed E-state index contributed by atoms with van der Waals surface area (Å²) in [5.74, 6) is -94.0. The van der Waals surface area contributed by atoms with Gasteiger partial charge in [0.1, 0.15) is 0 Å². The quantitative estimate of drug-likeness (QED) is 0.145. The van der Waals surface area contributed by atoms with Crippen molar-refractivity contribution >= 4 is 61.5 Å². The molecule has 0 bridgehead atoms. The van der Waals surface area contributed by atoms with E-state index in [0.717, 1.165) is 0 Å². The zero-order valence-electron chi connectivity index (χ0n) is 17.1. The molecule has 0 amide bonds. The van der Waals surface area contributed by atoms with Gasteiger partial charge in [-0.2, -0.15) is 118 Å². The third-order valence-electron chi connectivity index (χ3n) is 4.59. The Balaban J connectivity index is 0. The van der Waals surface area contributed by atoms with Crippen molar-refractivity contribution in [1.29, 1.82) is 0 Å². The molecule has 0 aromatic heterocycles. The summed E-state index contributed by atoms with van der Waals surface area (Å²) < 4.78 is 355. The second kappa shape index (κ2) is 10.7. The molecule has 3 nitrogen and oxygen atoms in total. The van der Waals surface area contributed by atoms with E-state index in [1.54, 1.807) is 0 Å². The summed E-state index contributed by atoms with van der Waals surface area (Å²) in [5, 5.41) is -8.22. The Labute approximate surface area is 253 Å². The minimum atomic E-state index is -9.76. The van der Waals surface area contributed by atoms with Crippen molar-refractivity contribution in [1.82, 2.24) is 0 Å². The van der Waals surface area contributed by atoms with Gasteiger partial charge < -0.3 is 0 Å². The third kappa shape index (κ3) is 5.15. The van der Waals surface area contributed by atoms with Crippen LogP contribution in [0, 0.1) is 0 Å². The predicted molar refractivity (Wildman–Crippen MR) is 79.2 cm³/mol. The van der Waals surface area contributed by atoms with Crippen LogP contribution in [-0.4, -0.2) is 135 Å². The molecule has 1 N–H and O–H groups in total. The molecule has 0 aliphatic carbocycles. The first-order valence-corrected chi connectivity index (χ1v) is 9.63. The van der Waals surface area contributed by atoms with E-state index >= 15 is 0 Å². The average Bonchev–Trinajstić information content (AvgIpc) is 2.70. The van der Waals surface area contributed by atoms with E-state index in [1.807, 2.05) is 0 Å². The van der Waals surface area contributed by atoms with Gasteiger partial charge in [0.15, 0.2) is 0 Å². The molecule has 42 heavy (non-hydrogen) atoms. The zero-order valence-corrected chi connectivity index (χ0v) is 17.9. The first kappa shape index (κ1) is 43.9. The van der Waals surface area contributed by atoms with Crippen molar-refractivity contribution in [3.05, 3.63) is 0 Å². The maximum atomic E-state index is 13.5. The van der Waals surface area contributed by atoms with E-state index in [9.17, 15) is 118 Å². The van der Waals surface area contributed by atoms with Crippen molar-refractivity contribution in [3.8, 4) is 0 Å². The molecule has 0 heterocycles. The van der Waals surface area contributed by atoms with Crippen LogP contribution in [0.15, 0.2) is 0 Å². The van der Waals surface area contributed by atoms with E-state index in [0.29, 0.717) is 0 Å². The zero-order chi connectivity index (χ0) is 34.5. The molecular formula is C12H2F25KO3S. The van der Waals surface area contributed by atoms with E-state index in [-0.39, 0.29) is 51.4 Å². The van der Waals surface area contributed by atoms with Crippen molar-refractivity contribution in [2.24, 2.45) is 0 Å². The topological polar surface area (TPSA) is 54.4 Å². The fraction of sp³-hybridized carbons (Fsp3) is 1.00. The number of hydrogen-bond acceptors (Lipinski definition) is 2. The molecule has 0 atom stereocenters. The molecule has 0 saturated carbocycles. The van der Waals surface area contributed by atoms with Crippen LogP contribution in [0.5, 0.6) is 0 Å². The Hall–Kier alpha value is -0.204. The van der Waals surface area contributed by atoms with Crippen molar-refractivity contribution in [2.45, 2.75) is 70.7 Å². The molecule has 0 aromatic rings.